The van der Waals surface area contributed by atoms with Gasteiger partial charge in [-0.25, -0.2) is 0 Å². The molecule has 45 heavy (non-hydrogen) atoms. The van der Waals surface area contributed by atoms with E-state index in [1.54, 1.807) is 19.1 Å². The van der Waals surface area contributed by atoms with Gasteiger partial charge in [-0.3, -0.25) is 24.0 Å². The summed E-state index contributed by atoms with van der Waals surface area (Å²) in [7, 11) is 1.46. The SMILES string of the molecule is COCC1=C/[C@@H]2OC(=O)[C@H](C)[C@@]2(O)[C@@H](OC(C)=O)[C@H]2[C@@]3(CO3)[C@H](OC(=O)CC(C)C)C[C@H](OC(C)=O)[C@]2(C)[C@H](OC(C)=O)/C=C\1. The number of esters is 5. The molecule has 0 unspecified atom stereocenters. The minimum atomic E-state index is -2.21. The molecule has 10 atom stereocenters. The van der Waals surface area contributed by atoms with Gasteiger partial charge >= 0.3 is 29.8 Å². The van der Waals surface area contributed by atoms with E-state index >= 15 is 0 Å². The predicted octanol–water partition coefficient (Wildman–Crippen LogP) is 1.97. The molecule has 1 saturated carbocycles. The fraction of sp³-hybridized carbons (Fsp3) is 0.719. The van der Waals surface area contributed by atoms with E-state index in [9.17, 15) is 29.1 Å². The minimum absolute atomic E-state index is 0.00262. The predicted molar refractivity (Wildman–Crippen MR) is 154 cm³/mol. The quantitative estimate of drug-likeness (QED) is 0.233. The zero-order valence-electron chi connectivity index (χ0n) is 27.0. The standard InChI is InChI=1S/C32H44O13/c1-16(2)11-26(36)44-24-13-23(42-19(5)34)30(7)22(41-18(4)33)10-9-21(14-39-8)12-25-32(38,17(3)29(37)45-25)28(43-20(6)35)27(30)31(24)15-40-31/h9-10,12,16-17,22-25,27-28,38H,11,13-15H2,1-8H3/b10-9-,21-12+/t17-,22+,23-,24+,25-,27+,28-,30-,31+,32-/m0/s1. The van der Waals surface area contributed by atoms with Gasteiger partial charge in [0.15, 0.2) is 11.7 Å². The topological polar surface area (TPSA) is 173 Å². The van der Waals surface area contributed by atoms with Crippen LogP contribution in [0.1, 0.15) is 61.3 Å². The van der Waals surface area contributed by atoms with Crippen molar-refractivity contribution in [3.8, 4) is 0 Å². The van der Waals surface area contributed by atoms with Crippen molar-refractivity contribution in [2.45, 2.75) is 103 Å². The number of ether oxygens (including phenoxy) is 7. The second kappa shape index (κ2) is 12.8. The molecule has 0 aromatic rings. The molecule has 3 fully saturated rings. The third-order valence-electron chi connectivity index (χ3n) is 9.36. The Balaban J connectivity index is 2.05. The van der Waals surface area contributed by atoms with Gasteiger partial charge in [-0.15, -0.1) is 0 Å². The van der Waals surface area contributed by atoms with Crippen LogP contribution in [0.4, 0.5) is 0 Å². The van der Waals surface area contributed by atoms with Crippen molar-refractivity contribution >= 4 is 29.8 Å². The number of aliphatic hydroxyl groups is 1. The average Bonchev–Trinajstić information content (AvgIpc) is 3.67. The Kier molecular flexibility index (Phi) is 9.87. The Morgan fingerprint density at radius 3 is 2.18 bits per heavy atom. The molecule has 4 rings (SSSR count). The van der Waals surface area contributed by atoms with E-state index < -0.39 is 88.8 Å². The first-order valence-corrected chi connectivity index (χ1v) is 15.2. The lowest BCUT2D eigenvalue weighted by Crippen LogP contribution is -2.71. The summed E-state index contributed by atoms with van der Waals surface area (Å²) < 4.78 is 41.0. The van der Waals surface area contributed by atoms with Gasteiger partial charge in [-0.05, 0) is 30.6 Å². The maximum atomic E-state index is 13.1. The van der Waals surface area contributed by atoms with Gasteiger partial charge < -0.3 is 38.3 Å². The molecule has 0 radical (unpaired) electrons. The number of carbonyl (C=O) groups excluding carboxylic acids is 5. The van der Waals surface area contributed by atoms with E-state index in [0.29, 0.717) is 5.57 Å². The molecule has 0 aromatic heterocycles. The van der Waals surface area contributed by atoms with Crippen LogP contribution < -0.4 is 0 Å². The molecule has 2 aliphatic heterocycles. The third-order valence-corrected chi connectivity index (χ3v) is 9.36. The van der Waals surface area contributed by atoms with Crippen LogP contribution in [-0.4, -0.2) is 97.0 Å². The van der Waals surface area contributed by atoms with Crippen molar-refractivity contribution in [1.82, 2.24) is 0 Å². The van der Waals surface area contributed by atoms with Crippen LogP contribution in [0, 0.1) is 23.2 Å². The van der Waals surface area contributed by atoms with Crippen molar-refractivity contribution in [1.29, 1.82) is 0 Å². The zero-order valence-corrected chi connectivity index (χ0v) is 27.0. The van der Waals surface area contributed by atoms with Crippen molar-refractivity contribution < 1.29 is 62.2 Å². The van der Waals surface area contributed by atoms with Gasteiger partial charge in [-0.2, -0.15) is 0 Å². The van der Waals surface area contributed by atoms with Crippen LogP contribution in [0.2, 0.25) is 0 Å². The molecule has 0 amide bonds. The summed E-state index contributed by atoms with van der Waals surface area (Å²) in [4.78, 5) is 64.3. The van der Waals surface area contributed by atoms with Gasteiger partial charge in [0.05, 0.1) is 24.5 Å². The highest BCUT2D eigenvalue weighted by Gasteiger charge is 2.78. The fourth-order valence-electron chi connectivity index (χ4n) is 7.25. The maximum absolute atomic E-state index is 13.1. The summed E-state index contributed by atoms with van der Waals surface area (Å²) in [5.74, 6) is -5.82. The lowest BCUT2D eigenvalue weighted by molar-refractivity contribution is -0.252. The lowest BCUT2D eigenvalue weighted by atomic mass is 9.52. The summed E-state index contributed by atoms with van der Waals surface area (Å²) in [5, 5.41) is 12.7. The number of methoxy groups -OCH3 is 1. The first-order valence-electron chi connectivity index (χ1n) is 15.2. The molecule has 0 aromatic carbocycles. The summed E-state index contributed by atoms with van der Waals surface area (Å²) >= 11 is 0. The van der Waals surface area contributed by atoms with E-state index in [4.69, 9.17) is 33.2 Å². The molecular weight excluding hydrogens is 592 g/mol. The van der Waals surface area contributed by atoms with E-state index in [1.807, 2.05) is 13.8 Å². The second-order valence-corrected chi connectivity index (χ2v) is 13.1. The lowest BCUT2D eigenvalue weighted by Gasteiger charge is -2.57. The molecule has 2 saturated heterocycles. The van der Waals surface area contributed by atoms with Gasteiger partial charge in [0.1, 0.15) is 30.0 Å². The van der Waals surface area contributed by atoms with E-state index in [2.05, 4.69) is 0 Å². The van der Waals surface area contributed by atoms with Crippen LogP contribution in [-0.2, 0) is 57.1 Å². The van der Waals surface area contributed by atoms with Crippen molar-refractivity contribution in [3.63, 3.8) is 0 Å². The summed E-state index contributed by atoms with van der Waals surface area (Å²) in [6.07, 6.45) is -1.46. The number of fused-ring (bicyclic) bond motifs is 3. The van der Waals surface area contributed by atoms with E-state index in [1.165, 1.54) is 34.0 Å². The highest BCUT2D eigenvalue weighted by Crippen LogP contribution is 2.62. The third kappa shape index (κ3) is 6.39. The molecule has 2 heterocycles. The number of carbonyl (C=O) groups is 5. The van der Waals surface area contributed by atoms with Crippen LogP contribution in [0.3, 0.4) is 0 Å². The fourth-order valence-corrected chi connectivity index (χ4v) is 7.25. The van der Waals surface area contributed by atoms with E-state index in [0.717, 1.165) is 6.92 Å². The van der Waals surface area contributed by atoms with Crippen LogP contribution >= 0.6 is 0 Å². The van der Waals surface area contributed by atoms with Crippen molar-refractivity contribution in [2.75, 3.05) is 20.3 Å². The molecule has 13 heteroatoms. The second-order valence-electron chi connectivity index (χ2n) is 13.1. The highest BCUT2D eigenvalue weighted by molar-refractivity contribution is 5.78. The van der Waals surface area contributed by atoms with Gasteiger partial charge in [-0.1, -0.05) is 26.8 Å². The molecule has 250 valence electrons. The summed E-state index contributed by atoms with van der Waals surface area (Å²) in [5.41, 5.74) is -4.63. The zero-order chi connectivity index (χ0) is 33.5. The number of epoxide rings is 1. The van der Waals surface area contributed by atoms with E-state index in [-0.39, 0.29) is 32.0 Å². The van der Waals surface area contributed by atoms with Crippen LogP contribution in [0.25, 0.3) is 0 Å². The monoisotopic (exact) mass is 636 g/mol. The molecule has 2 aliphatic carbocycles. The molecule has 1 N–H and O–H groups in total. The minimum Gasteiger partial charge on any atom is -0.462 e. The van der Waals surface area contributed by atoms with Gasteiger partial charge in [0.2, 0.25) is 0 Å². The van der Waals surface area contributed by atoms with Crippen LogP contribution in [0.15, 0.2) is 23.8 Å². The molecule has 0 bridgehead atoms. The Morgan fingerprint density at radius 1 is 1.02 bits per heavy atom. The smallest absolute Gasteiger partial charge is 0.312 e. The van der Waals surface area contributed by atoms with Crippen molar-refractivity contribution in [2.24, 2.45) is 23.2 Å². The summed E-state index contributed by atoms with van der Waals surface area (Å²) in [6.45, 7) is 10.5. The normalized spacial score (nSPS) is 40.6. The first-order chi connectivity index (χ1) is 21.0. The number of hydrogen-bond acceptors (Lipinski definition) is 13. The first kappa shape index (κ1) is 34.6. The maximum Gasteiger partial charge on any atom is 0.312 e. The largest absolute Gasteiger partial charge is 0.462 e. The number of hydrogen-bond donors (Lipinski definition) is 1. The molecular formula is C32H44O13. The highest BCUT2D eigenvalue weighted by atomic mass is 16.6. The Hall–Kier alpha value is -3.29. The Morgan fingerprint density at radius 2 is 1.64 bits per heavy atom. The average molecular weight is 637 g/mol. The number of rotatable bonds is 8. The Bertz CT molecular complexity index is 1270. The summed E-state index contributed by atoms with van der Waals surface area (Å²) in [6, 6.07) is 0. The van der Waals surface area contributed by atoms with Crippen LogP contribution in [0.5, 0.6) is 0 Å². The molecule has 13 nitrogen and oxygen atoms in total. The van der Waals surface area contributed by atoms with Crippen molar-refractivity contribution in [3.05, 3.63) is 23.8 Å². The van der Waals surface area contributed by atoms with Gasteiger partial charge in [0.25, 0.3) is 0 Å². The van der Waals surface area contributed by atoms with Gasteiger partial charge in [0, 0.05) is 46.6 Å². The Labute approximate surface area is 262 Å². The molecule has 4 aliphatic rings. The molecule has 1 spiro atoms.